The number of pyridine rings is 1. The van der Waals surface area contributed by atoms with Crippen molar-refractivity contribution < 1.29 is 0 Å². The topological polar surface area (TPSA) is 24.9 Å². The van der Waals surface area contributed by atoms with Crippen molar-refractivity contribution in [1.29, 1.82) is 0 Å². The zero-order valence-electron chi connectivity index (χ0n) is 13.8. The molecule has 0 aromatic carbocycles. The van der Waals surface area contributed by atoms with Gasteiger partial charge in [0.05, 0.1) is 0 Å². The summed E-state index contributed by atoms with van der Waals surface area (Å²) < 4.78 is 0. The van der Waals surface area contributed by atoms with Crippen LogP contribution in [0.1, 0.15) is 74.5 Å². The number of aromatic nitrogens is 1. The Morgan fingerprint density at radius 3 is 2.40 bits per heavy atom. The van der Waals surface area contributed by atoms with Crippen molar-refractivity contribution in [3.8, 4) is 0 Å². The van der Waals surface area contributed by atoms with Crippen molar-refractivity contribution in [3.63, 3.8) is 0 Å². The van der Waals surface area contributed by atoms with Crippen molar-refractivity contribution in [2.45, 2.75) is 78.8 Å². The maximum atomic E-state index is 4.63. The third kappa shape index (κ3) is 3.60. The Balaban J connectivity index is 2.00. The zero-order valence-corrected chi connectivity index (χ0v) is 13.8. The highest BCUT2D eigenvalue weighted by Crippen LogP contribution is 2.29. The molecule has 0 amide bonds. The largest absolute Gasteiger partial charge is 0.307 e. The molecule has 1 heterocycles. The second-order valence-corrected chi connectivity index (χ2v) is 6.59. The van der Waals surface area contributed by atoms with Crippen LogP contribution in [0.3, 0.4) is 0 Å². The van der Waals surface area contributed by atoms with E-state index in [4.69, 9.17) is 0 Å². The highest BCUT2D eigenvalue weighted by molar-refractivity contribution is 5.33. The molecule has 0 bridgehead atoms. The zero-order chi connectivity index (χ0) is 14.7. The highest BCUT2D eigenvalue weighted by atomic mass is 15.0. The molecule has 2 nitrogen and oxygen atoms in total. The van der Waals surface area contributed by atoms with Crippen LogP contribution in [0.4, 0.5) is 0 Å². The van der Waals surface area contributed by atoms with E-state index in [0.29, 0.717) is 12.1 Å². The molecule has 1 aliphatic carbocycles. The van der Waals surface area contributed by atoms with Gasteiger partial charge in [0.1, 0.15) is 0 Å². The van der Waals surface area contributed by atoms with E-state index in [1.165, 1.54) is 48.9 Å². The molecule has 1 N–H and O–H groups in total. The van der Waals surface area contributed by atoms with Gasteiger partial charge in [0.25, 0.3) is 0 Å². The average molecular weight is 274 g/mol. The fourth-order valence-corrected chi connectivity index (χ4v) is 3.86. The molecule has 2 heteroatoms. The van der Waals surface area contributed by atoms with Crippen LogP contribution in [0.15, 0.2) is 6.07 Å². The van der Waals surface area contributed by atoms with Crippen LogP contribution in [-0.2, 0) is 0 Å². The fourth-order valence-electron chi connectivity index (χ4n) is 3.86. The van der Waals surface area contributed by atoms with Crippen LogP contribution in [0.25, 0.3) is 0 Å². The van der Waals surface area contributed by atoms with Crippen LogP contribution in [0, 0.1) is 26.7 Å². The van der Waals surface area contributed by atoms with E-state index >= 15 is 0 Å². The lowest BCUT2D eigenvalue weighted by molar-refractivity contribution is 0.273. The Kier molecular flexibility index (Phi) is 5.20. The van der Waals surface area contributed by atoms with Gasteiger partial charge in [-0.1, -0.05) is 13.3 Å². The van der Waals surface area contributed by atoms with E-state index in [1.807, 2.05) is 0 Å². The van der Waals surface area contributed by atoms with Gasteiger partial charge < -0.3 is 5.32 Å². The molecule has 1 aromatic rings. The minimum atomic E-state index is 0.409. The van der Waals surface area contributed by atoms with E-state index in [9.17, 15) is 0 Å². The minimum absolute atomic E-state index is 0.409. The van der Waals surface area contributed by atoms with Crippen LogP contribution in [-0.4, -0.2) is 11.0 Å². The molecule has 1 fully saturated rings. The summed E-state index contributed by atoms with van der Waals surface area (Å²) in [6.07, 6.45) is 6.80. The summed E-state index contributed by atoms with van der Waals surface area (Å²) in [5.74, 6) is 0.966. The van der Waals surface area contributed by atoms with Gasteiger partial charge in [0, 0.05) is 23.5 Å². The maximum absolute atomic E-state index is 4.63. The van der Waals surface area contributed by atoms with Gasteiger partial charge in [0.2, 0.25) is 0 Å². The predicted molar refractivity (Wildman–Crippen MR) is 86.0 cm³/mol. The fraction of sp³-hybridized carbons (Fsp3) is 0.722. The van der Waals surface area contributed by atoms with Crippen molar-refractivity contribution >= 4 is 0 Å². The monoisotopic (exact) mass is 274 g/mol. The Labute approximate surface area is 124 Å². The first-order chi connectivity index (χ1) is 9.51. The molecule has 112 valence electrons. The second-order valence-electron chi connectivity index (χ2n) is 6.59. The average Bonchev–Trinajstić information content (AvgIpc) is 2.38. The lowest BCUT2D eigenvalue weighted by Gasteiger charge is -2.31. The maximum Gasteiger partial charge on any atom is 0.0426 e. The third-order valence-electron chi connectivity index (χ3n) is 4.93. The molecule has 0 aliphatic heterocycles. The van der Waals surface area contributed by atoms with E-state index in [-0.39, 0.29) is 0 Å². The number of hydrogen-bond acceptors (Lipinski definition) is 2. The standard InChI is InChI=1S/C18H30N2/c1-6-16-7-9-17(10-8-16)20-15(5)18-12(2)11-13(3)19-14(18)4/h11,15-17,20H,6-10H2,1-5H3. The Morgan fingerprint density at radius 1 is 1.20 bits per heavy atom. The summed E-state index contributed by atoms with van der Waals surface area (Å²) in [5, 5.41) is 3.84. The lowest BCUT2D eigenvalue weighted by atomic mass is 9.84. The second kappa shape index (κ2) is 6.71. The van der Waals surface area contributed by atoms with E-state index in [2.05, 4.69) is 51.0 Å². The SMILES string of the molecule is CCC1CCC(NC(C)c2c(C)cc(C)nc2C)CC1. The summed E-state index contributed by atoms with van der Waals surface area (Å²) in [6, 6.07) is 3.30. The Hall–Kier alpha value is -0.890. The van der Waals surface area contributed by atoms with Crippen LogP contribution >= 0.6 is 0 Å². The van der Waals surface area contributed by atoms with Gasteiger partial charge in [-0.3, -0.25) is 4.98 Å². The van der Waals surface area contributed by atoms with Gasteiger partial charge in [0.15, 0.2) is 0 Å². The molecule has 1 saturated carbocycles. The van der Waals surface area contributed by atoms with E-state index < -0.39 is 0 Å². The molecule has 0 spiro atoms. The summed E-state index contributed by atoms with van der Waals surface area (Å²) in [7, 11) is 0. The summed E-state index contributed by atoms with van der Waals surface area (Å²) >= 11 is 0. The lowest BCUT2D eigenvalue weighted by Crippen LogP contribution is -2.35. The quantitative estimate of drug-likeness (QED) is 0.866. The summed E-state index contributed by atoms with van der Waals surface area (Å²) in [5.41, 5.74) is 5.08. The van der Waals surface area contributed by atoms with Gasteiger partial charge in [-0.15, -0.1) is 0 Å². The number of hydrogen-bond donors (Lipinski definition) is 1. The molecule has 0 saturated heterocycles. The predicted octanol–water partition coefficient (Wildman–Crippen LogP) is 4.63. The van der Waals surface area contributed by atoms with E-state index in [0.717, 1.165) is 11.6 Å². The normalized spacial score (nSPS) is 24.6. The van der Waals surface area contributed by atoms with Gasteiger partial charge in [-0.25, -0.2) is 0 Å². The molecule has 20 heavy (non-hydrogen) atoms. The highest BCUT2D eigenvalue weighted by Gasteiger charge is 2.22. The number of nitrogens with zero attached hydrogens (tertiary/aromatic N) is 1. The summed E-state index contributed by atoms with van der Waals surface area (Å²) in [4.78, 5) is 4.63. The molecule has 1 aliphatic rings. The Bertz CT molecular complexity index is 422. The van der Waals surface area contributed by atoms with E-state index in [1.54, 1.807) is 0 Å². The van der Waals surface area contributed by atoms with Crippen molar-refractivity contribution in [1.82, 2.24) is 10.3 Å². The first-order valence-electron chi connectivity index (χ1n) is 8.22. The van der Waals surface area contributed by atoms with Gasteiger partial charge >= 0.3 is 0 Å². The third-order valence-corrected chi connectivity index (χ3v) is 4.93. The number of rotatable bonds is 4. The molecule has 0 radical (unpaired) electrons. The van der Waals surface area contributed by atoms with Crippen molar-refractivity contribution in [2.75, 3.05) is 0 Å². The summed E-state index contributed by atoms with van der Waals surface area (Å²) in [6.45, 7) is 11.0. The number of aryl methyl sites for hydroxylation is 3. The first kappa shape index (κ1) is 15.5. The van der Waals surface area contributed by atoms with Crippen LogP contribution < -0.4 is 5.32 Å². The molecular weight excluding hydrogens is 244 g/mol. The molecular formula is C18H30N2. The molecule has 1 aromatic heterocycles. The van der Waals surface area contributed by atoms with Gasteiger partial charge in [-0.2, -0.15) is 0 Å². The first-order valence-corrected chi connectivity index (χ1v) is 8.22. The molecule has 2 rings (SSSR count). The molecule has 1 unspecified atom stereocenters. The smallest absolute Gasteiger partial charge is 0.0426 e. The molecule has 1 atom stereocenters. The van der Waals surface area contributed by atoms with Crippen molar-refractivity contribution in [2.24, 2.45) is 5.92 Å². The Morgan fingerprint density at radius 2 is 1.85 bits per heavy atom. The van der Waals surface area contributed by atoms with Gasteiger partial charge in [-0.05, 0) is 76.5 Å². The van der Waals surface area contributed by atoms with Crippen LogP contribution in [0.2, 0.25) is 0 Å². The minimum Gasteiger partial charge on any atom is -0.307 e. The van der Waals surface area contributed by atoms with Crippen molar-refractivity contribution in [3.05, 3.63) is 28.6 Å². The number of nitrogens with one attached hydrogen (secondary N) is 1. The van der Waals surface area contributed by atoms with Crippen LogP contribution in [0.5, 0.6) is 0 Å².